The lowest BCUT2D eigenvalue weighted by molar-refractivity contribution is -0.120. The molecule has 0 aliphatic heterocycles. The predicted octanol–water partition coefficient (Wildman–Crippen LogP) is 0.916. The molecule has 2 N–H and O–H groups in total. The number of fused-ring (bicyclic) bond motifs is 1. The van der Waals surface area contributed by atoms with Gasteiger partial charge < -0.3 is 14.7 Å². The third-order valence-electron chi connectivity index (χ3n) is 2.76. The lowest BCUT2D eigenvalue weighted by Gasteiger charge is -2.00. The van der Waals surface area contributed by atoms with Crippen molar-refractivity contribution in [1.82, 2.24) is 24.7 Å². The van der Waals surface area contributed by atoms with Crippen molar-refractivity contribution >= 4 is 11.6 Å². The summed E-state index contributed by atoms with van der Waals surface area (Å²) in [4.78, 5) is 23.1. The highest BCUT2D eigenvalue weighted by Crippen LogP contribution is 2.05. The van der Waals surface area contributed by atoms with E-state index in [1.165, 1.54) is 0 Å². The van der Waals surface area contributed by atoms with Crippen LogP contribution in [0.25, 0.3) is 5.65 Å². The number of amides is 1. The molecule has 0 saturated heterocycles. The molecule has 1 amide bonds. The SMILES string of the molecule is O=C(Cc1cn2ccccc2n1)NCc1ncc[nH]1. The first-order chi connectivity index (χ1) is 9.31. The average Bonchev–Trinajstić information content (AvgIpc) is 3.04. The van der Waals surface area contributed by atoms with E-state index in [2.05, 4.69) is 20.3 Å². The van der Waals surface area contributed by atoms with Crippen molar-refractivity contribution in [3.63, 3.8) is 0 Å². The van der Waals surface area contributed by atoms with Crippen molar-refractivity contribution in [2.75, 3.05) is 0 Å². The molecule has 3 rings (SSSR count). The third-order valence-corrected chi connectivity index (χ3v) is 2.76. The highest BCUT2D eigenvalue weighted by molar-refractivity contribution is 5.78. The van der Waals surface area contributed by atoms with Gasteiger partial charge in [-0.25, -0.2) is 9.97 Å². The lowest BCUT2D eigenvalue weighted by Crippen LogP contribution is -2.25. The van der Waals surface area contributed by atoms with Gasteiger partial charge >= 0.3 is 0 Å². The molecule has 96 valence electrons. The summed E-state index contributed by atoms with van der Waals surface area (Å²) < 4.78 is 1.90. The Morgan fingerprint density at radius 2 is 2.37 bits per heavy atom. The van der Waals surface area contributed by atoms with E-state index in [0.717, 1.165) is 17.2 Å². The molecule has 0 saturated carbocycles. The minimum Gasteiger partial charge on any atom is -0.349 e. The van der Waals surface area contributed by atoms with Gasteiger partial charge in [0.2, 0.25) is 5.91 Å². The molecule has 0 unspecified atom stereocenters. The summed E-state index contributed by atoms with van der Waals surface area (Å²) in [5, 5.41) is 2.80. The molecule has 0 spiro atoms. The highest BCUT2D eigenvalue weighted by Gasteiger charge is 2.07. The first-order valence-corrected chi connectivity index (χ1v) is 5.99. The summed E-state index contributed by atoms with van der Waals surface area (Å²) in [5.74, 6) is 0.670. The number of imidazole rings is 2. The Balaban J connectivity index is 1.62. The molecule has 0 fully saturated rings. The zero-order valence-electron chi connectivity index (χ0n) is 10.2. The minimum absolute atomic E-state index is 0.0696. The van der Waals surface area contributed by atoms with Gasteiger partial charge in [0.05, 0.1) is 18.7 Å². The third kappa shape index (κ3) is 2.62. The number of nitrogens with zero attached hydrogens (tertiary/aromatic N) is 3. The fourth-order valence-electron chi connectivity index (χ4n) is 1.88. The number of H-pyrrole nitrogens is 1. The Labute approximate surface area is 109 Å². The summed E-state index contributed by atoms with van der Waals surface area (Å²) in [6.45, 7) is 0.402. The van der Waals surface area contributed by atoms with Crippen molar-refractivity contribution < 1.29 is 4.79 Å². The van der Waals surface area contributed by atoms with Crippen molar-refractivity contribution in [2.45, 2.75) is 13.0 Å². The van der Waals surface area contributed by atoms with E-state index in [1.54, 1.807) is 12.4 Å². The number of carbonyl (C=O) groups is 1. The van der Waals surface area contributed by atoms with E-state index < -0.39 is 0 Å². The Kier molecular flexibility index (Phi) is 2.97. The molecule has 0 aromatic carbocycles. The van der Waals surface area contributed by atoms with Crippen LogP contribution in [-0.2, 0) is 17.8 Å². The predicted molar refractivity (Wildman–Crippen MR) is 69.3 cm³/mol. The Morgan fingerprint density at radius 1 is 1.42 bits per heavy atom. The molecule has 3 heterocycles. The van der Waals surface area contributed by atoms with Crippen LogP contribution in [0.5, 0.6) is 0 Å². The van der Waals surface area contributed by atoms with Crippen LogP contribution in [0.4, 0.5) is 0 Å². The number of carbonyl (C=O) groups excluding carboxylic acids is 1. The highest BCUT2D eigenvalue weighted by atomic mass is 16.1. The summed E-state index contributed by atoms with van der Waals surface area (Å²) >= 11 is 0. The maximum atomic E-state index is 11.8. The summed E-state index contributed by atoms with van der Waals surface area (Å²) in [6.07, 6.45) is 7.42. The maximum absolute atomic E-state index is 11.8. The molecule has 0 atom stereocenters. The van der Waals surface area contributed by atoms with Crippen LogP contribution in [0.2, 0.25) is 0 Å². The molecule has 0 radical (unpaired) electrons. The van der Waals surface area contributed by atoms with Gasteiger partial charge in [-0.1, -0.05) is 6.07 Å². The van der Waals surface area contributed by atoms with Gasteiger partial charge in [-0.05, 0) is 12.1 Å². The molecular weight excluding hydrogens is 242 g/mol. The Hall–Kier alpha value is -2.63. The van der Waals surface area contributed by atoms with Crippen molar-refractivity contribution in [1.29, 1.82) is 0 Å². The monoisotopic (exact) mass is 255 g/mol. The van der Waals surface area contributed by atoms with Crippen molar-refractivity contribution in [3.8, 4) is 0 Å². The van der Waals surface area contributed by atoms with Gasteiger partial charge in [-0.15, -0.1) is 0 Å². The number of pyridine rings is 1. The molecular formula is C13H13N5O. The van der Waals surface area contributed by atoms with Crippen LogP contribution in [0.3, 0.4) is 0 Å². The van der Waals surface area contributed by atoms with Crippen molar-refractivity contribution in [3.05, 3.63) is 54.5 Å². The maximum Gasteiger partial charge on any atom is 0.226 e. The van der Waals surface area contributed by atoms with E-state index in [1.807, 2.05) is 35.0 Å². The molecule has 0 aliphatic rings. The second-order valence-electron chi connectivity index (χ2n) is 4.19. The van der Waals surface area contributed by atoms with E-state index >= 15 is 0 Å². The van der Waals surface area contributed by atoms with Crippen LogP contribution in [0.1, 0.15) is 11.5 Å². The number of hydrogen-bond acceptors (Lipinski definition) is 3. The fraction of sp³-hybridized carbons (Fsp3) is 0.154. The zero-order chi connectivity index (χ0) is 13.1. The Bertz CT molecular complexity index is 653. The topological polar surface area (TPSA) is 75.1 Å². The molecule has 6 nitrogen and oxygen atoms in total. The van der Waals surface area contributed by atoms with Crippen LogP contribution in [-0.4, -0.2) is 25.3 Å². The standard InChI is InChI=1S/C13H13N5O/c19-13(16-8-11-14-4-5-15-11)7-10-9-18-6-2-1-3-12(18)17-10/h1-6,9H,7-8H2,(H,14,15)(H,16,19). The first-order valence-electron chi connectivity index (χ1n) is 5.99. The van der Waals surface area contributed by atoms with Crippen LogP contribution < -0.4 is 5.32 Å². The van der Waals surface area contributed by atoms with Gasteiger partial charge in [-0.2, -0.15) is 0 Å². The second kappa shape index (κ2) is 4.93. The van der Waals surface area contributed by atoms with E-state index in [9.17, 15) is 4.79 Å². The smallest absolute Gasteiger partial charge is 0.226 e. The first kappa shape index (κ1) is 11.5. The normalized spacial score (nSPS) is 10.7. The molecule has 3 aromatic rings. The van der Waals surface area contributed by atoms with Crippen LogP contribution in [0.15, 0.2) is 43.0 Å². The van der Waals surface area contributed by atoms with Gasteiger partial charge in [0.15, 0.2) is 0 Å². The van der Waals surface area contributed by atoms with Crippen molar-refractivity contribution in [2.24, 2.45) is 0 Å². The number of nitrogens with one attached hydrogen (secondary N) is 2. The van der Waals surface area contributed by atoms with E-state index in [0.29, 0.717) is 6.54 Å². The Morgan fingerprint density at radius 3 is 3.16 bits per heavy atom. The average molecular weight is 255 g/mol. The lowest BCUT2D eigenvalue weighted by atomic mass is 10.3. The quantitative estimate of drug-likeness (QED) is 0.727. The van der Waals surface area contributed by atoms with Gasteiger partial charge in [0, 0.05) is 24.8 Å². The summed E-state index contributed by atoms with van der Waals surface area (Å²) in [5.41, 5.74) is 1.60. The summed E-state index contributed by atoms with van der Waals surface area (Å²) in [6, 6.07) is 5.75. The molecule has 19 heavy (non-hydrogen) atoms. The largest absolute Gasteiger partial charge is 0.349 e. The van der Waals surface area contributed by atoms with Crippen LogP contribution >= 0.6 is 0 Å². The summed E-state index contributed by atoms with van der Waals surface area (Å²) in [7, 11) is 0. The van der Waals surface area contributed by atoms with Crippen LogP contribution in [0, 0.1) is 0 Å². The minimum atomic E-state index is -0.0696. The second-order valence-corrected chi connectivity index (χ2v) is 4.19. The molecule has 0 bridgehead atoms. The van der Waals surface area contributed by atoms with Gasteiger partial charge in [-0.3, -0.25) is 4.79 Å². The van der Waals surface area contributed by atoms with Gasteiger partial charge in [0.25, 0.3) is 0 Å². The van der Waals surface area contributed by atoms with E-state index in [-0.39, 0.29) is 12.3 Å². The molecule has 0 aliphatic carbocycles. The number of aromatic nitrogens is 4. The molecule has 6 heteroatoms. The zero-order valence-corrected chi connectivity index (χ0v) is 10.2. The molecule has 3 aromatic heterocycles. The fourth-order valence-corrected chi connectivity index (χ4v) is 1.88. The number of rotatable bonds is 4. The van der Waals surface area contributed by atoms with Gasteiger partial charge in [0.1, 0.15) is 11.5 Å². The van der Waals surface area contributed by atoms with E-state index in [4.69, 9.17) is 0 Å². The number of aromatic amines is 1. The number of hydrogen-bond donors (Lipinski definition) is 2.